The van der Waals surface area contributed by atoms with Crippen molar-refractivity contribution in [2.24, 2.45) is 0 Å². The molecule has 0 bridgehead atoms. The van der Waals surface area contributed by atoms with E-state index in [-0.39, 0.29) is 5.69 Å². The molecule has 0 spiro atoms. The molecular formula is C19H22ClF3N6O. The van der Waals surface area contributed by atoms with Crippen LogP contribution >= 0.6 is 11.6 Å². The smallest absolute Gasteiger partial charge is 0.338 e. The lowest BCUT2D eigenvalue weighted by atomic mass is 10.2. The first kappa shape index (κ1) is 22.1. The molecule has 11 heteroatoms. The van der Waals surface area contributed by atoms with Crippen molar-refractivity contribution in [1.29, 1.82) is 0 Å². The Kier molecular flexibility index (Phi) is 6.37. The normalized spacial score (nSPS) is 15.2. The maximum Gasteiger partial charge on any atom is 0.417 e. The summed E-state index contributed by atoms with van der Waals surface area (Å²) in [6.07, 6.45) is -4.62. The number of urea groups is 1. The molecule has 3 rings (SSSR count). The van der Waals surface area contributed by atoms with Gasteiger partial charge in [-0.1, -0.05) is 11.6 Å². The average molecular weight is 443 g/mol. The van der Waals surface area contributed by atoms with E-state index in [0.29, 0.717) is 23.0 Å². The highest BCUT2D eigenvalue weighted by molar-refractivity contribution is 6.31. The van der Waals surface area contributed by atoms with E-state index in [2.05, 4.69) is 37.4 Å². The number of benzene rings is 1. The number of piperazine rings is 1. The van der Waals surface area contributed by atoms with Gasteiger partial charge in [-0.2, -0.15) is 13.2 Å². The fourth-order valence-corrected chi connectivity index (χ4v) is 3.35. The van der Waals surface area contributed by atoms with Crippen LogP contribution in [0.5, 0.6) is 0 Å². The summed E-state index contributed by atoms with van der Waals surface area (Å²) in [5.74, 6) is 0.594. The summed E-state index contributed by atoms with van der Waals surface area (Å²) >= 11 is 5.60. The Hall–Kier alpha value is -2.59. The van der Waals surface area contributed by atoms with Gasteiger partial charge in [0.05, 0.1) is 27.7 Å². The van der Waals surface area contributed by atoms with Crippen LogP contribution in [-0.2, 0) is 6.18 Å². The number of anilines is 3. The van der Waals surface area contributed by atoms with Gasteiger partial charge in [0, 0.05) is 31.9 Å². The van der Waals surface area contributed by atoms with Gasteiger partial charge >= 0.3 is 12.2 Å². The van der Waals surface area contributed by atoms with Gasteiger partial charge in [-0.25, -0.2) is 14.8 Å². The van der Waals surface area contributed by atoms with Crippen molar-refractivity contribution in [3.63, 3.8) is 0 Å². The van der Waals surface area contributed by atoms with E-state index in [0.717, 1.165) is 38.3 Å². The Balaban J connectivity index is 1.73. The maximum absolute atomic E-state index is 13.0. The minimum absolute atomic E-state index is 0.0329. The summed E-state index contributed by atoms with van der Waals surface area (Å²) in [4.78, 5) is 25.6. The van der Waals surface area contributed by atoms with Crippen molar-refractivity contribution in [1.82, 2.24) is 14.9 Å². The van der Waals surface area contributed by atoms with Crippen LogP contribution in [0.3, 0.4) is 0 Å². The summed E-state index contributed by atoms with van der Waals surface area (Å²) in [6.45, 7) is 6.92. The minimum atomic E-state index is -4.62. The second-order valence-corrected chi connectivity index (χ2v) is 7.54. The molecule has 1 aliphatic rings. The molecule has 2 heterocycles. The number of nitrogens with zero attached hydrogens (tertiary/aromatic N) is 4. The van der Waals surface area contributed by atoms with E-state index in [1.807, 2.05) is 0 Å². The largest absolute Gasteiger partial charge is 0.417 e. The highest BCUT2D eigenvalue weighted by atomic mass is 35.5. The number of hydrogen-bond acceptors (Lipinski definition) is 5. The number of hydrogen-bond donors (Lipinski definition) is 2. The highest BCUT2D eigenvalue weighted by Crippen LogP contribution is 2.36. The van der Waals surface area contributed by atoms with Crippen LogP contribution in [0, 0.1) is 13.8 Å². The second kappa shape index (κ2) is 8.65. The Bertz CT molecular complexity index is 921. The zero-order chi connectivity index (χ0) is 22.1. The van der Waals surface area contributed by atoms with Crippen LogP contribution < -0.4 is 15.5 Å². The molecule has 30 heavy (non-hydrogen) atoms. The van der Waals surface area contributed by atoms with Gasteiger partial charge in [-0.05, 0) is 39.1 Å². The summed E-state index contributed by atoms with van der Waals surface area (Å²) in [5.41, 5.74) is 0.497. The molecular weight excluding hydrogens is 421 g/mol. The van der Waals surface area contributed by atoms with Gasteiger partial charge in [-0.15, -0.1) is 0 Å². The van der Waals surface area contributed by atoms with Crippen LogP contribution in [0.1, 0.15) is 17.0 Å². The number of carbonyl (C=O) groups is 1. The van der Waals surface area contributed by atoms with Crippen LogP contribution in [0.25, 0.3) is 0 Å². The molecule has 2 aromatic rings. The zero-order valence-electron chi connectivity index (χ0n) is 16.8. The predicted octanol–water partition coefficient (Wildman–Crippen LogP) is 4.16. The minimum Gasteiger partial charge on any atom is -0.338 e. The number of rotatable bonds is 3. The maximum atomic E-state index is 13.0. The van der Waals surface area contributed by atoms with Gasteiger partial charge < -0.3 is 20.4 Å². The molecule has 2 amide bonds. The highest BCUT2D eigenvalue weighted by Gasteiger charge is 2.33. The van der Waals surface area contributed by atoms with Crippen molar-refractivity contribution in [2.75, 3.05) is 48.8 Å². The molecule has 162 valence electrons. The number of aryl methyl sites for hydroxylation is 2. The lowest BCUT2D eigenvalue weighted by molar-refractivity contribution is -0.137. The summed E-state index contributed by atoms with van der Waals surface area (Å²) in [5, 5.41) is 4.57. The van der Waals surface area contributed by atoms with E-state index < -0.39 is 22.8 Å². The van der Waals surface area contributed by atoms with E-state index in [9.17, 15) is 18.0 Å². The third-order valence-electron chi connectivity index (χ3n) is 4.81. The van der Waals surface area contributed by atoms with Gasteiger partial charge in [0.1, 0.15) is 0 Å². The van der Waals surface area contributed by atoms with E-state index in [1.54, 1.807) is 13.8 Å². The number of aromatic nitrogens is 2. The second-order valence-electron chi connectivity index (χ2n) is 7.13. The summed E-state index contributed by atoms with van der Waals surface area (Å²) < 4.78 is 39.0. The first-order valence-electron chi connectivity index (χ1n) is 9.28. The van der Waals surface area contributed by atoms with Crippen LogP contribution in [0.15, 0.2) is 18.2 Å². The molecule has 1 aliphatic heterocycles. The van der Waals surface area contributed by atoms with Gasteiger partial charge in [0.25, 0.3) is 0 Å². The average Bonchev–Trinajstić information content (AvgIpc) is 2.66. The lowest BCUT2D eigenvalue weighted by Crippen LogP contribution is -2.45. The number of likely N-dealkylation sites (N-methyl/N-ethyl adjacent to an activating group) is 1. The predicted molar refractivity (Wildman–Crippen MR) is 110 cm³/mol. The van der Waals surface area contributed by atoms with E-state index in [1.165, 1.54) is 6.07 Å². The number of halogens is 4. The molecule has 0 radical (unpaired) electrons. The monoisotopic (exact) mass is 442 g/mol. The van der Waals surface area contributed by atoms with E-state index in [4.69, 9.17) is 11.6 Å². The molecule has 0 unspecified atom stereocenters. The van der Waals surface area contributed by atoms with Gasteiger partial charge in [0.15, 0.2) is 0 Å². The van der Waals surface area contributed by atoms with Crippen molar-refractivity contribution in [2.45, 2.75) is 20.0 Å². The van der Waals surface area contributed by atoms with Gasteiger partial charge in [-0.3, -0.25) is 0 Å². The number of amides is 2. The van der Waals surface area contributed by atoms with Crippen molar-refractivity contribution >= 4 is 35.0 Å². The Labute approximate surface area is 177 Å². The quantitative estimate of drug-likeness (QED) is 0.746. The molecule has 2 N–H and O–H groups in total. The Morgan fingerprint density at radius 2 is 1.67 bits per heavy atom. The molecule has 1 aromatic carbocycles. The van der Waals surface area contributed by atoms with Gasteiger partial charge in [0.2, 0.25) is 5.95 Å². The standard InChI is InChI=1S/C19H22ClF3N6O/c1-11-16(12(2)25-17(24-11)29-8-6-28(3)7-9-29)27-18(30)26-13-4-5-15(20)14(10-13)19(21,22)23/h4-5,10H,6-9H2,1-3H3,(H2,26,27,30). The molecule has 0 saturated carbocycles. The molecule has 1 aromatic heterocycles. The first-order chi connectivity index (χ1) is 14.0. The molecule has 1 fully saturated rings. The van der Waals surface area contributed by atoms with Crippen LogP contribution in [0.2, 0.25) is 5.02 Å². The van der Waals surface area contributed by atoms with E-state index >= 15 is 0 Å². The van der Waals surface area contributed by atoms with Crippen molar-refractivity contribution < 1.29 is 18.0 Å². The Morgan fingerprint density at radius 1 is 1.07 bits per heavy atom. The summed E-state index contributed by atoms with van der Waals surface area (Å²) in [7, 11) is 2.05. The lowest BCUT2D eigenvalue weighted by Gasteiger charge is -2.32. The van der Waals surface area contributed by atoms with Crippen LogP contribution in [0.4, 0.5) is 35.3 Å². The zero-order valence-corrected chi connectivity index (χ0v) is 17.5. The first-order valence-corrected chi connectivity index (χ1v) is 9.66. The fraction of sp³-hybridized carbons (Fsp3) is 0.421. The molecule has 0 aliphatic carbocycles. The fourth-order valence-electron chi connectivity index (χ4n) is 3.12. The molecule has 1 saturated heterocycles. The number of carbonyl (C=O) groups excluding carboxylic acids is 1. The third-order valence-corrected chi connectivity index (χ3v) is 5.14. The molecule has 0 atom stereocenters. The van der Waals surface area contributed by atoms with Crippen molar-refractivity contribution in [3.05, 3.63) is 40.2 Å². The Morgan fingerprint density at radius 3 is 2.23 bits per heavy atom. The number of alkyl halides is 3. The topological polar surface area (TPSA) is 73.4 Å². The molecule has 7 nitrogen and oxygen atoms in total. The van der Waals surface area contributed by atoms with Crippen LogP contribution in [-0.4, -0.2) is 54.1 Å². The number of nitrogens with one attached hydrogen (secondary N) is 2. The van der Waals surface area contributed by atoms with Crippen molar-refractivity contribution in [3.8, 4) is 0 Å². The third kappa shape index (κ3) is 5.11. The SMILES string of the molecule is Cc1nc(N2CCN(C)CC2)nc(C)c1NC(=O)Nc1ccc(Cl)c(C(F)(F)F)c1. The summed E-state index contributed by atoms with van der Waals surface area (Å²) in [6, 6.07) is 2.47.